The van der Waals surface area contributed by atoms with Crippen LogP contribution >= 0.6 is 0 Å². The van der Waals surface area contributed by atoms with Crippen LogP contribution < -0.4 is 10.1 Å². The maximum Gasteiger partial charge on any atom is 0.273 e. The Labute approximate surface area is 193 Å². The van der Waals surface area contributed by atoms with Gasteiger partial charge in [0.2, 0.25) is 5.91 Å². The van der Waals surface area contributed by atoms with E-state index in [2.05, 4.69) is 24.3 Å². The van der Waals surface area contributed by atoms with E-state index >= 15 is 0 Å². The smallest absolute Gasteiger partial charge is 0.273 e. The molecule has 0 fully saturated rings. The first-order valence-electron chi connectivity index (χ1n) is 11.2. The van der Waals surface area contributed by atoms with E-state index in [4.69, 9.17) is 9.15 Å². The van der Waals surface area contributed by atoms with Gasteiger partial charge in [0.1, 0.15) is 22.7 Å². The molecule has 2 amide bonds. The van der Waals surface area contributed by atoms with Crippen LogP contribution in [0, 0.1) is 5.92 Å². The lowest BCUT2D eigenvalue weighted by Gasteiger charge is -2.43. The van der Waals surface area contributed by atoms with Crippen LogP contribution in [0.5, 0.6) is 5.75 Å². The molecule has 1 aliphatic heterocycles. The SMILES string of the molecule is COc1ccccc1CN1C(=O)c2cc(-c3ccco3)nn2C[C@]1(C)C(=O)NCCC(C)C. The highest BCUT2D eigenvalue weighted by molar-refractivity contribution is 6.00. The highest BCUT2D eigenvalue weighted by Crippen LogP contribution is 2.33. The molecule has 8 heteroatoms. The number of amides is 2. The number of hydrogen-bond donors (Lipinski definition) is 1. The standard InChI is InChI=1S/C25H30N4O4/c1-17(2)11-12-26-24(31)25(3)16-29-20(14-19(27-29)22-10-7-13-33-22)23(30)28(25)15-18-8-5-6-9-21(18)32-4/h5-10,13-14,17H,11-12,15-16H2,1-4H3,(H,26,31)/t25-/m1/s1. The second-order valence-electron chi connectivity index (χ2n) is 8.97. The summed E-state index contributed by atoms with van der Waals surface area (Å²) in [6, 6.07) is 12.8. The van der Waals surface area contributed by atoms with Gasteiger partial charge in [-0.25, -0.2) is 0 Å². The lowest BCUT2D eigenvalue weighted by Crippen LogP contribution is -2.63. The molecule has 1 atom stereocenters. The van der Waals surface area contributed by atoms with Gasteiger partial charge < -0.3 is 19.4 Å². The third-order valence-corrected chi connectivity index (χ3v) is 6.09. The number of nitrogens with zero attached hydrogens (tertiary/aromatic N) is 3. The minimum atomic E-state index is -1.13. The topological polar surface area (TPSA) is 89.6 Å². The summed E-state index contributed by atoms with van der Waals surface area (Å²) >= 11 is 0. The van der Waals surface area contributed by atoms with Gasteiger partial charge >= 0.3 is 0 Å². The highest BCUT2D eigenvalue weighted by atomic mass is 16.5. The van der Waals surface area contributed by atoms with Crippen molar-refractivity contribution in [3.8, 4) is 17.2 Å². The normalized spacial score (nSPS) is 17.8. The summed E-state index contributed by atoms with van der Waals surface area (Å²) < 4.78 is 12.6. The Morgan fingerprint density at radius 3 is 2.76 bits per heavy atom. The van der Waals surface area contributed by atoms with Crippen LogP contribution in [0.3, 0.4) is 0 Å². The van der Waals surface area contributed by atoms with Gasteiger partial charge in [0.05, 0.1) is 26.5 Å². The Morgan fingerprint density at radius 2 is 2.06 bits per heavy atom. The van der Waals surface area contributed by atoms with Crippen molar-refractivity contribution in [2.24, 2.45) is 5.92 Å². The van der Waals surface area contributed by atoms with Crippen molar-refractivity contribution in [2.75, 3.05) is 13.7 Å². The van der Waals surface area contributed by atoms with Gasteiger partial charge in [-0.2, -0.15) is 5.10 Å². The average Bonchev–Trinajstić information content (AvgIpc) is 3.46. The average molecular weight is 451 g/mol. The van der Waals surface area contributed by atoms with E-state index in [1.807, 2.05) is 24.3 Å². The Morgan fingerprint density at radius 1 is 1.27 bits per heavy atom. The molecule has 1 aromatic carbocycles. The Balaban J connectivity index is 1.71. The molecule has 0 unspecified atom stereocenters. The van der Waals surface area contributed by atoms with Gasteiger partial charge in [-0.3, -0.25) is 14.3 Å². The third-order valence-electron chi connectivity index (χ3n) is 6.09. The Bertz CT molecular complexity index is 1140. The highest BCUT2D eigenvalue weighted by Gasteiger charge is 2.48. The molecule has 174 valence electrons. The zero-order chi connectivity index (χ0) is 23.6. The molecule has 0 bridgehead atoms. The molecule has 33 heavy (non-hydrogen) atoms. The van der Waals surface area contributed by atoms with Crippen molar-refractivity contribution in [1.29, 1.82) is 0 Å². The van der Waals surface area contributed by atoms with Crippen LogP contribution in [0.1, 0.15) is 43.2 Å². The Kier molecular flexibility index (Phi) is 6.26. The summed E-state index contributed by atoms with van der Waals surface area (Å²) in [5.41, 5.74) is 0.677. The molecule has 2 aromatic heterocycles. The first kappa shape index (κ1) is 22.6. The fraction of sp³-hybridized carbons (Fsp3) is 0.400. The van der Waals surface area contributed by atoms with Crippen LogP contribution in [0.4, 0.5) is 0 Å². The minimum absolute atomic E-state index is 0.202. The van der Waals surface area contributed by atoms with Crippen molar-refractivity contribution < 1.29 is 18.7 Å². The van der Waals surface area contributed by atoms with E-state index in [9.17, 15) is 9.59 Å². The largest absolute Gasteiger partial charge is 0.496 e. The summed E-state index contributed by atoms with van der Waals surface area (Å²) in [7, 11) is 1.60. The van der Waals surface area contributed by atoms with Gasteiger partial charge in [0.25, 0.3) is 5.91 Å². The van der Waals surface area contributed by atoms with Crippen LogP contribution in [-0.4, -0.2) is 45.7 Å². The van der Waals surface area contributed by atoms with Gasteiger partial charge in [-0.1, -0.05) is 32.0 Å². The molecule has 3 heterocycles. The second-order valence-corrected chi connectivity index (χ2v) is 8.97. The first-order chi connectivity index (χ1) is 15.8. The molecule has 3 aromatic rings. The summed E-state index contributed by atoms with van der Waals surface area (Å²) in [6.45, 7) is 7.03. The molecule has 4 rings (SSSR count). The lowest BCUT2D eigenvalue weighted by atomic mass is 9.93. The van der Waals surface area contributed by atoms with Gasteiger partial charge in [0.15, 0.2) is 5.76 Å². The summed E-state index contributed by atoms with van der Waals surface area (Å²) in [5.74, 6) is 1.24. The zero-order valence-corrected chi connectivity index (χ0v) is 19.5. The van der Waals surface area contributed by atoms with E-state index in [1.165, 1.54) is 0 Å². The first-order valence-corrected chi connectivity index (χ1v) is 11.2. The van der Waals surface area contributed by atoms with Crippen LogP contribution in [0.25, 0.3) is 11.5 Å². The number of fused-ring (bicyclic) bond motifs is 1. The number of carbonyl (C=O) groups excluding carboxylic acids is 2. The molecular formula is C25H30N4O4. The van der Waals surface area contributed by atoms with Crippen molar-refractivity contribution in [2.45, 2.75) is 45.8 Å². The van der Waals surface area contributed by atoms with E-state index in [0.717, 1.165) is 12.0 Å². The number of benzene rings is 1. The number of para-hydroxylation sites is 1. The number of hydrogen-bond acceptors (Lipinski definition) is 5. The van der Waals surface area contributed by atoms with Crippen molar-refractivity contribution in [1.82, 2.24) is 20.0 Å². The molecule has 0 aliphatic carbocycles. The number of aromatic nitrogens is 2. The van der Waals surface area contributed by atoms with Crippen LogP contribution in [0.2, 0.25) is 0 Å². The number of furan rings is 1. The molecule has 1 N–H and O–H groups in total. The zero-order valence-electron chi connectivity index (χ0n) is 19.5. The van der Waals surface area contributed by atoms with Crippen molar-refractivity contribution in [3.63, 3.8) is 0 Å². The van der Waals surface area contributed by atoms with Gasteiger partial charge in [0, 0.05) is 18.2 Å². The van der Waals surface area contributed by atoms with E-state index < -0.39 is 5.54 Å². The predicted molar refractivity (Wildman–Crippen MR) is 124 cm³/mol. The number of nitrogens with one attached hydrogen (secondary N) is 1. The number of methoxy groups -OCH3 is 1. The maximum atomic E-state index is 13.7. The summed E-state index contributed by atoms with van der Waals surface area (Å²) in [5, 5.41) is 7.61. The fourth-order valence-electron chi connectivity index (χ4n) is 4.10. The molecular weight excluding hydrogens is 420 g/mol. The number of carbonyl (C=O) groups is 2. The molecule has 0 radical (unpaired) electrons. The molecule has 0 saturated carbocycles. The quantitative estimate of drug-likeness (QED) is 0.565. The van der Waals surface area contributed by atoms with Gasteiger partial charge in [-0.05, 0) is 37.5 Å². The molecule has 0 saturated heterocycles. The molecule has 8 nitrogen and oxygen atoms in total. The predicted octanol–water partition coefficient (Wildman–Crippen LogP) is 3.73. The minimum Gasteiger partial charge on any atom is -0.496 e. The summed E-state index contributed by atoms with van der Waals surface area (Å²) in [4.78, 5) is 28.8. The van der Waals surface area contributed by atoms with Crippen LogP contribution in [-0.2, 0) is 17.9 Å². The fourth-order valence-corrected chi connectivity index (χ4v) is 4.10. The van der Waals surface area contributed by atoms with Gasteiger partial charge in [-0.15, -0.1) is 0 Å². The van der Waals surface area contributed by atoms with E-state index in [0.29, 0.717) is 35.4 Å². The van der Waals surface area contributed by atoms with Crippen LogP contribution in [0.15, 0.2) is 53.1 Å². The summed E-state index contributed by atoms with van der Waals surface area (Å²) in [6.07, 6.45) is 2.42. The third kappa shape index (κ3) is 4.37. The lowest BCUT2D eigenvalue weighted by molar-refractivity contribution is -0.133. The van der Waals surface area contributed by atoms with Crippen molar-refractivity contribution in [3.05, 3.63) is 60.0 Å². The molecule has 1 aliphatic rings. The maximum absolute atomic E-state index is 13.7. The van der Waals surface area contributed by atoms with E-state index in [-0.39, 0.29) is 24.9 Å². The number of ether oxygens (including phenoxy) is 1. The van der Waals surface area contributed by atoms with E-state index in [1.54, 1.807) is 48.1 Å². The Hall–Kier alpha value is -3.55. The number of rotatable bonds is 8. The second kappa shape index (κ2) is 9.13. The van der Waals surface area contributed by atoms with Crippen molar-refractivity contribution >= 4 is 11.8 Å². The molecule has 0 spiro atoms. The monoisotopic (exact) mass is 450 g/mol.